The summed E-state index contributed by atoms with van der Waals surface area (Å²) in [5.74, 6) is 0.566. The smallest absolute Gasteiger partial charge is 0.427 e. The lowest BCUT2D eigenvalue weighted by molar-refractivity contribution is 0.397. The lowest BCUT2D eigenvalue weighted by Gasteiger charge is -2.00. The van der Waals surface area contributed by atoms with Crippen molar-refractivity contribution < 1.29 is 10.0 Å². The van der Waals surface area contributed by atoms with Crippen molar-refractivity contribution in [3.05, 3.63) is 0 Å². The topological polar surface area (TPSA) is 40.5 Å². The Morgan fingerprint density at radius 3 is 1.89 bits per heavy atom. The molecule has 0 bridgehead atoms. The van der Waals surface area contributed by atoms with Gasteiger partial charge in [0.05, 0.1) is 0 Å². The molecule has 0 radical (unpaired) electrons. The Labute approximate surface area is 62.8 Å². The second kappa shape index (κ2) is 6.40. The van der Waals surface area contributed by atoms with E-state index in [1.165, 1.54) is 0 Å². The van der Waals surface area contributed by atoms with E-state index in [2.05, 4.69) is 13.8 Å². The molecule has 0 saturated carbocycles. The van der Waals surface area contributed by atoms with Crippen LogP contribution in [0.5, 0.6) is 0 Å². The van der Waals surface area contributed by atoms with Gasteiger partial charge < -0.3 is 10.0 Å². The summed E-state index contributed by atoms with van der Waals surface area (Å²) in [7, 11) is -1.11. The third-order valence-corrected chi connectivity index (χ3v) is 1.00. The maximum Gasteiger partial charge on any atom is 0.451 e. The summed E-state index contributed by atoms with van der Waals surface area (Å²) < 4.78 is 0. The van der Waals surface area contributed by atoms with E-state index in [0.29, 0.717) is 12.2 Å². The van der Waals surface area contributed by atoms with Gasteiger partial charge in [-0.05, 0) is 12.2 Å². The number of rotatable bonds is 3. The monoisotopic (exact) mass is 152 g/mol. The van der Waals surface area contributed by atoms with E-state index in [9.17, 15) is 0 Å². The zero-order chi connectivity index (χ0) is 6.57. The fourth-order valence-corrected chi connectivity index (χ4v) is 0.482. The van der Waals surface area contributed by atoms with E-state index < -0.39 is 7.12 Å². The van der Waals surface area contributed by atoms with E-state index >= 15 is 0 Å². The first-order valence-corrected chi connectivity index (χ1v) is 2.99. The maximum atomic E-state index is 8.36. The van der Waals surface area contributed by atoms with Gasteiger partial charge in [-0.25, -0.2) is 0 Å². The molecule has 0 fully saturated rings. The number of hydrogen-bond acceptors (Lipinski definition) is 2. The summed E-state index contributed by atoms with van der Waals surface area (Å²) in [6.45, 7) is 4.12. The zero-order valence-electron chi connectivity index (χ0n) is 5.87. The fraction of sp³-hybridized carbons (Fsp3) is 1.00. The molecule has 9 heavy (non-hydrogen) atoms. The molecule has 0 aromatic rings. The van der Waals surface area contributed by atoms with Crippen molar-refractivity contribution in [3.8, 4) is 0 Å². The van der Waals surface area contributed by atoms with Gasteiger partial charge in [0, 0.05) is 0 Å². The largest absolute Gasteiger partial charge is 0.451 e. The van der Waals surface area contributed by atoms with Crippen molar-refractivity contribution in [2.24, 2.45) is 5.92 Å². The predicted octanol–water partition coefficient (Wildman–Crippen LogP) is 0.927. The van der Waals surface area contributed by atoms with Crippen LogP contribution < -0.4 is 0 Å². The van der Waals surface area contributed by atoms with Crippen molar-refractivity contribution in [2.45, 2.75) is 26.6 Å². The molecule has 0 unspecified atom stereocenters. The molecule has 0 saturated heterocycles. The summed E-state index contributed by atoms with van der Waals surface area (Å²) in [6, 6.07) is 0. The molecule has 2 N–H and O–H groups in total. The van der Waals surface area contributed by atoms with E-state index in [0.717, 1.165) is 6.42 Å². The predicted molar refractivity (Wildman–Crippen MR) is 41.7 cm³/mol. The normalized spacial score (nSPS) is 9.00. The molecule has 0 atom stereocenters. The standard InChI is InChI=1S/C5H13BO2.ClH/c1-5(2)3-4-6(7)8;/h5,7-8H,3-4H2,1-2H3;1H. The van der Waals surface area contributed by atoms with Gasteiger partial charge >= 0.3 is 7.12 Å². The second-order valence-corrected chi connectivity index (χ2v) is 2.45. The summed E-state index contributed by atoms with van der Waals surface area (Å²) >= 11 is 0. The van der Waals surface area contributed by atoms with Crippen LogP contribution >= 0.6 is 12.4 Å². The first-order chi connectivity index (χ1) is 3.63. The average molecular weight is 152 g/mol. The van der Waals surface area contributed by atoms with Gasteiger partial charge in [-0.3, -0.25) is 0 Å². The van der Waals surface area contributed by atoms with Crippen molar-refractivity contribution in [2.75, 3.05) is 0 Å². The van der Waals surface area contributed by atoms with E-state index in [4.69, 9.17) is 10.0 Å². The van der Waals surface area contributed by atoms with Crippen LogP contribution in [0.3, 0.4) is 0 Å². The molecule has 4 heteroatoms. The number of halogens is 1. The van der Waals surface area contributed by atoms with E-state index in [1.54, 1.807) is 0 Å². The first-order valence-electron chi connectivity index (χ1n) is 2.99. The van der Waals surface area contributed by atoms with Crippen molar-refractivity contribution in [1.29, 1.82) is 0 Å². The Balaban J connectivity index is 0. The van der Waals surface area contributed by atoms with Crippen LogP contribution in [0, 0.1) is 5.92 Å². The van der Waals surface area contributed by atoms with Gasteiger partial charge in [0.2, 0.25) is 0 Å². The summed E-state index contributed by atoms with van der Waals surface area (Å²) in [6.07, 6.45) is 1.38. The minimum Gasteiger partial charge on any atom is -0.427 e. The summed E-state index contributed by atoms with van der Waals surface area (Å²) in [5, 5.41) is 16.7. The minimum atomic E-state index is -1.11. The molecule has 0 rings (SSSR count). The van der Waals surface area contributed by atoms with Crippen LogP contribution in [0.1, 0.15) is 20.3 Å². The summed E-state index contributed by atoms with van der Waals surface area (Å²) in [4.78, 5) is 0. The molecule has 2 nitrogen and oxygen atoms in total. The molecule has 0 amide bonds. The Hall–Kier alpha value is 0.275. The maximum absolute atomic E-state index is 8.36. The zero-order valence-corrected chi connectivity index (χ0v) is 6.69. The molecule has 0 spiro atoms. The average Bonchev–Trinajstić information content (AvgIpc) is 1.61. The molecule has 0 aromatic heterocycles. The Bertz CT molecular complexity index is 50.9. The van der Waals surface area contributed by atoms with Crippen molar-refractivity contribution in [3.63, 3.8) is 0 Å². The van der Waals surface area contributed by atoms with Gasteiger partial charge in [-0.1, -0.05) is 20.3 Å². The fourth-order valence-electron chi connectivity index (χ4n) is 0.482. The van der Waals surface area contributed by atoms with Crippen LogP contribution in [0.15, 0.2) is 0 Å². The SMILES string of the molecule is CC(C)CCB(O)O.Cl. The molecular weight excluding hydrogens is 138 g/mol. The summed E-state index contributed by atoms with van der Waals surface area (Å²) in [5.41, 5.74) is 0. The van der Waals surface area contributed by atoms with Gasteiger partial charge in [0.25, 0.3) is 0 Å². The quantitative estimate of drug-likeness (QED) is 0.591. The van der Waals surface area contributed by atoms with Gasteiger partial charge in [-0.15, -0.1) is 12.4 Å². The molecule has 56 valence electrons. The van der Waals surface area contributed by atoms with Crippen molar-refractivity contribution >= 4 is 19.5 Å². The highest BCUT2D eigenvalue weighted by molar-refractivity contribution is 6.40. The van der Waals surface area contributed by atoms with Gasteiger partial charge in [0.15, 0.2) is 0 Å². The van der Waals surface area contributed by atoms with Crippen LogP contribution in [-0.2, 0) is 0 Å². The first kappa shape index (κ1) is 12.0. The Morgan fingerprint density at radius 1 is 1.33 bits per heavy atom. The Kier molecular flexibility index (Phi) is 8.53. The second-order valence-electron chi connectivity index (χ2n) is 2.45. The minimum absolute atomic E-state index is 0. The highest BCUT2D eigenvalue weighted by atomic mass is 35.5. The highest BCUT2D eigenvalue weighted by Crippen LogP contribution is 2.03. The molecule has 0 aliphatic rings. The molecule has 0 aliphatic heterocycles. The van der Waals surface area contributed by atoms with Gasteiger partial charge in [0.1, 0.15) is 0 Å². The highest BCUT2D eigenvalue weighted by Gasteiger charge is 2.05. The lowest BCUT2D eigenvalue weighted by atomic mass is 9.82. The third kappa shape index (κ3) is 11.7. The molecule has 0 aliphatic carbocycles. The van der Waals surface area contributed by atoms with Gasteiger partial charge in [-0.2, -0.15) is 0 Å². The van der Waals surface area contributed by atoms with Crippen LogP contribution in [0.25, 0.3) is 0 Å². The molecule has 0 heterocycles. The number of hydrogen-bond donors (Lipinski definition) is 2. The molecule has 0 aromatic carbocycles. The van der Waals surface area contributed by atoms with E-state index in [1.807, 2.05) is 0 Å². The third-order valence-electron chi connectivity index (χ3n) is 1.00. The Morgan fingerprint density at radius 2 is 1.78 bits per heavy atom. The lowest BCUT2D eigenvalue weighted by Crippen LogP contribution is -2.10. The van der Waals surface area contributed by atoms with E-state index in [-0.39, 0.29) is 12.4 Å². The van der Waals surface area contributed by atoms with Crippen LogP contribution in [0.4, 0.5) is 0 Å². The van der Waals surface area contributed by atoms with Crippen molar-refractivity contribution in [1.82, 2.24) is 0 Å². The molecular formula is C5H14BClO2. The van der Waals surface area contributed by atoms with Crippen LogP contribution in [0.2, 0.25) is 6.32 Å². The van der Waals surface area contributed by atoms with Crippen LogP contribution in [-0.4, -0.2) is 17.2 Å².